The number of Topliss-reactive ketones (excluding diaryl/α,β-unsaturated/α-hetero) is 1. The summed E-state index contributed by atoms with van der Waals surface area (Å²) in [5.41, 5.74) is 0. The molecule has 0 aliphatic rings. The second-order valence-corrected chi connectivity index (χ2v) is 2.98. The van der Waals surface area contributed by atoms with E-state index < -0.39 is 0 Å². The molecule has 6 heteroatoms. The Morgan fingerprint density at radius 2 is 2.14 bits per heavy atom. The largest absolute Gasteiger partial charge is 0.467 e. The summed E-state index contributed by atoms with van der Waals surface area (Å²) in [6.45, 7) is 1.72. The molecule has 1 heterocycles. The first-order chi connectivity index (χ1) is 6.65. The standard InChI is InChI=1S/C8H11N3O2S/c1-5-9-7(3-6(12)4-14)11-8(10-5)13-2/h14H,3-4H2,1-2H3. The van der Waals surface area contributed by atoms with Gasteiger partial charge in [-0.15, -0.1) is 0 Å². The zero-order valence-electron chi connectivity index (χ0n) is 8.02. The van der Waals surface area contributed by atoms with Gasteiger partial charge in [0.15, 0.2) is 0 Å². The summed E-state index contributed by atoms with van der Waals surface area (Å²) in [7, 11) is 1.47. The average molecular weight is 213 g/mol. The van der Waals surface area contributed by atoms with Gasteiger partial charge in [0.1, 0.15) is 17.4 Å². The summed E-state index contributed by atoms with van der Waals surface area (Å²) in [4.78, 5) is 22.9. The van der Waals surface area contributed by atoms with Crippen LogP contribution in [0.4, 0.5) is 0 Å². The van der Waals surface area contributed by atoms with Crippen molar-refractivity contribution in [3.8, 4) is 6.01 Å². The molecule has 0 bridgehead atoms. The Balaban J connectivity index is 2.86. The molecule has 14 heavy (non-hydrogen) atoms. The first kappa shape index (κ1) is 10.9. The molecule has 1 aromatic heterocycles. The summed E-state index contributed by atoms with van der Waals surface area (Å²) in [5, 5.41) is 0. The second kappa shape index (κ2) is 4.90. The minimum Gasteiger partial charge on any atom is -0.467 e. The summed E-state index contributed by atoms with van der Waals surface area (Å²) in [6, 6.07) is 0.236. The number of hydrogen-bond donors (Lipinski definition) is 1. The number of ether oxygens (including phenoxy) is 1. The molecule has 0 aromatic carbocycles. The first-order valence-electron chi connectivity index (χ1n) is 4.04. The lowest BCUT2D eigenvalue weighted by Crippen LogP contribution is -2.10. The van der Waals surface area contributed by atoms with Crippen molar-refractivity contribution in [3.05, 3.63) is 11.6 Å². The van der Waals surface area contributed by atoms with E-state index in [-0.39, 0.29) is 24.0 Å². The van der Waals surface area contributed by atoms with Crippen LogP contribution >= 0.6 is 12.6 Å². The number of rotatable bonds is 4. The highest BCUT2D eigenvalue weighted by Crippen LogP contribution is 2.03. The maximum absolute atomic E-state index is 11.1. The minimum absolute atomic E-state index is 0.0269. The van der Waals surface area contributed by atoms with Crippen molar-refractivity contribution in [1.29, 1.82) is 0 Å². The molecule has 0 atom stereocenters. The number of carbonyl (C=O) groups excluding carboxylic acids is 1. The van der Waals surface area contributed by atoms with E-state index in [0.717, 1.165) is 0 Å². The monoisotopic (exact) mass is 213 g/mol. The summed E-state index contributed by atoms with van der Waals surface area (Å²) in [6.07, 6.45) is 0.170. The van der Waals surface area contributed by atoms with E-state index in [1.54, 1.807) is 6.92 Å². The third-order valence-corrected chi connectivity index (χ3v) is 1.84. The van der Waals surface area contributed by atoms with Gasteiger partial charge in [-0.05, 0) is 6.92 Å². The van der Waals surface area contributed by atoms with Crippen molar-refractivity contribution >= 4 is 18.4 Å². The van der Waals surface area contributed by atoms with Crippen LogP contribution in [0, 0.1) is 6.92 Å². The van der Waals surface area contributed by atoms with E-state index in [9.17, 15) is 4.79 Å². The third kappa shape index (κ3) is 2.95. The van der Waals surface area contributed by atoms with E-state index in [2.05, 4.69) is 27.6 Å². The molecular formula is C8H11N3O2S. The molecule has 0 radical (unpaired) electrons. The van der Waals surface area contributed by atoms with Crippen LogP contribution < -0.4 is 4.74 Å². The summed E-state index contributed by atoms with van der Waals surface area (Å²) < 4.78 is 4.86. The number of thiol groups is 1. The third-order valence-electron chi connectivity index (χ3n) is 1.49. The maximum Gasteiger partial charge on any atom is 0.319 e. The van der Waals surface area contributed by atoms with Gasteiger partial charge in [-0.1, -0.05) is 0 Å². The Hall–Kier alpha value is -1.17. The molecule has 0 amide bonds. The smallest absolute Gasteiger partial charge is 0.319 e. The molecule has 0 saturated heterocycles. The quantitative estimate of drug-likeness (QED) is 0.725. The fraction of sp³-hybridized carbons (Fsp3) is 0.500. The first-order valence-corrected chi connectivity index (χ1v) is 4.67. The molecule has 76 valence electrons. The molecule has 0 aliphatic heterocycles. The summed E-state index contributed by atoms with van der Waals surface area (Å²) in [5.74, 6) is 1.13. The van der Waals surface area contributed by atoms with Crippen LogP contribution in [0.2, 0.25) is 0 Å². The highest BCUT2D eigenvalue weighted by molar-refractivity contribution is 7.81. The summed E-state index contributed by atoms with van der Waals surface area (Å²) >= 11 is 3.87. The zero-order valence-corrected chi connectivity index (χ0v) is 8.91. The van der Waals surface area contributed by atoms with Crippen LogP contribution in [-0.4, -0.2) is 33.6 Å². The zero-order chi connectivity index (χ0) is 10.6. The Morgan fingerprint density at radius 3 is 2.71 bits per heavy atom. The van der Waals surface area contributed by atoms with Crippen LogP contribution in [0.15, 0.2) is 0 Å². The van der Waals surface area contributed by atoms with E-state index in [0.29, 0.717) is 11.6 Å². The number of carbonyl (C=O) groups is 1. The van der Waals surface area contributed by atoms with E-state index in [4.69, 9.17) is 4.74 Å². The number of aryl methyl sites for hydroxylation is 1. The molecule has 1 aromatic rings. The fourth-order valence-electron chi connectivity index (χ4n) is 0.913. The number of ketones is 1. The molecule has 0 aliphatic carbocycles. The molecule has 0 unspecified atom stereocenters. The van der Waals surface area contributed by atoms with Crippen LogP contribution in [0.3, 0.4) is 0 Å². The molecule has 0 spiro atoms. The lowest BCUT2D eigenvalue weighted by atomic mass is 10.3. The number of hydrogen-bond acceptors (Lipinski definition) is 6. The molecular weight excluding hydrogens is 202 g/mol. The van der Waals surface area contributed by atoms with Crippen LogP contribution in [0.5, 0.6) is 6.01 Å². The topological polar surface area (TPSA) is 65.0 Å². The van der Waals surface area contributed by atoms with Crippen molar-refractivity contribution in [2.24, 2.45) is 0 Å². The van der Waals surface area contributed by atoms with Crippen LogP contribution in [0.25, 0.3) is 0 Å². The van der Waals surface area contributed by atoms with Gasteiger partial charge in [0.05, 0.1) is 13.5 Å². The molecule has 0 saturated carbocycles. The number of aromatic nitrogens is 3. The molecule has 5 nitrogen and oxygen atoms in total. The predicted octanol–water partition coefficient (Wildman–Crippen LogP) is 0.230. The van der Waals surface area contributed by atoms with E-state index in [1.807, 2.05) is 0 Å². The van der Waals surface area contributed by atoms with Crippen molar-refractivity contribution < 1.29 is 9.53 Å². The molecule has 0 fully saturated rings. The van der Waals surface area contributed by atoms with Gasteiger partial charge in [0, 0.05) is 5.75 Å². The average Bonchev–Trinajstić information content (AvgIpc) is 2.16. The van der Waals surface area contributed by atoms with Gasteiger partial charge in [-0.3, -0.25) is 4.79 Å². The number of methoxy groups -OCH3 is 1. The highest BCUT2D eigenvalue weighted by atomic mass is 32.1. The van der Waals surface area contributed by atoms with Gasteiger partial charge in [0.25, 0.3) is 0 Å². The van der Waals surface area contributed by atoms with Gasteiger partial charge in [0.2, 0.25) is 0 Å². The maximum atomic E-state index is 11.1. The van der Waals surface area contributed by atoms with Crippen molar-refractivity contribution in [2.45, 2.75) is 13.3 Å². The SMILES string of the molecule is COc1nc(C)nc(CC(=O)CS)n1. The van der Waals surface area contributed by atoms with Gasteiger partial charge < -0.3 is 4.74 Å². The predicted molar refractivity (Wildman–Crippen MR) is 53.7 cm³/mol. The van der Waals surface area contributed by atoms with Gasteiger partial charge >= 0.3 is 6.01 Å². The Labute approximate surface area is 87.3 Å². The van der Waals surface area contributed by atoms with Crippen molar-refractivity contribution in [2.75, 3.05) is 12.9 Å². The van der Waals surface area contributed by atoms with Crippen LogP contribution in [-0.2, 0) is 11.2 Å². The van der Waals surface area contributed by atoms with Gasteiger partial charge in [-0.2, -0.15) is 22.6 Å². The molecule has 1 rings (SSSR count). The van der Waals surface area contributed by atoms with Crippen molar-refractivity contribution in [3.63, 3.8) is 0 Å². The molecule has 0 N–H and O–H groups in total. The van der Waals surface area contributed by atoms with E-state index in [1.165, 1.54) is 7.11 Å². The van der Waals surface area contributed by atoms with Crippen molar-refractivity contribution in [1.82, 2.24) is 15.0 Å². The number of nitrogens with zero attached hydrogens (tertiary/aromatic N) is 3. The fourth-order valence-corrected chi connectivity index (χ4v) is 1.02. The Bertz CT molecular complexity index is 343. The normalized spacial score (nSPS) is 9.93. The lowest BCUT2D eigenvalue weighted by Gasteiger charge is -2.02. The Kier molecular flexibility index (Phi) is 3.82. The van der Waals surface area contributed by atoms with Crippen LogP contribution in [0.1, 0.15) is 11.6 Å². The lowest BCUT2D eigenvalue weighted by molar-refractivity contribution is -0.116. The minimum atomic E-state index is -0.0269. The Morgan fingerprint density at radius 1 is 1.43 bits per heavy atom. The van der Waals surface area contributed by atoms with Gasteiger partial charge in [-0.25, -0.2) is 4.98 Å². The second-order valence-electron chi connectivity index (χ2n) is 2.66. The highest BCUT2D eigenvalue weighted by Gasteiger charge is 2.07. The van der Waals surface area contributed by atoms with E-state index >= 15 is 0 Å².